The van der Waals surface area contributed by atoms with E-state index in [9.17, 15) is 22.8 Å². The summed E-state index contributed by atoms with van der Waals surface area (Å²) >= 11 is 1.35. The van der Waals surface area contributed by atoms with E-state index >= 15 is 0 Å². The number of carbonyl (C=O) groups is 2. The van der Waals surface area contributed by atoms with Crippen LogP contribution >= 0.6 is 11.3 Å². The summed E-state index contributed by atoms with van der Waals surface area (Å²) < 4.78 is 42.0. The fraction of sp³-hybridized carbons (Fsp3) is 0.379. The third-order valence-electron chi connectivity index (χ3n) is 6.56. The monoisotopic (exact) mass is 613 g/mol. The molecule has 0 aliphatic heterocycles. The van der Waals surface area contributed by atoms with E-state index in [-0.39, 0.29) is 17.5 Å². The number of nitrogens with one attached hydrogen (secondary N) is 3. The number of fused-ring (bicyclic) bond motifs is 1. The van der Waals surface area contributed by atoms with Crippen LogP contribution in [0.15, 0.2) is 48.8 Å². The Labute approximate surface area is 249 Å². The highest BCUT2D eigenvalue weighted by molar-refractivity contribution is 7.21. The minimum absolute atomic E-state index is 0.0128. The summed E-state index contributed by atoms with van der Waals surface area (Å²) in [7, 11) is 0. The van der Waals surface area contributed by atoms with Crippen molar-refractivity contribution in [1.82, 2.24) is 25.3 Å². The van der Waals surface area contributed by atoms with Crippen LogP contribution in [-0.4, -0.2) is 55.7 Å². The van der Waals surface area contributed by atoms with Crippen LogP contribution in [0.25, 0.3) is 21.6 Å². The predicted molar refractivity (Wildman–Crippen MR) is 157 cm³/mol. The Hall–Kier alpha value is -4.33. The zero-order valence-electron chi connectivity index (χ0n) is 23.7. The van der Waals surface area contributed by atoms with Crippen LogP contribution in [0, 0.1) is 0 Å². The molecule has 1 fully saturated rings. The second-order valence-corrected chi connectivity index (χ2v) is 12.2. The zero-order chi connectivity index (χ0) is 30.8. The number of anilines is 3. The van der Waals surface area contributed by atoms with Crippen molar-refractivity contribution in [1.29, 1.82) is 0 Å². The number of rotatable bonds is 7. The van der Waals surface area contributed by atoms with E-state index in [0.29, 0.717) is 69.6 Å². The summed E-state index contributed by atoms with van der Waals surface area (Å²) in [6.07, 6.45) is -0.787. The molecule has 10 nitrogen and oxygen atoms in total. The van der Waals surface area contributed by atoms with Gasteiger partial charge in [-0.05, 0) is 76.8 Å². The molecule has 0 saturated heterocycles. The summed E-state index contributed by atoms with van der Waals surface area (Å²) in [6.45, 7) is 5.74. The first-order chi connectivity index (χ1) is 20.3. The van der Waals surface area contributed by atoms with Crippen molar-refractivity contribution in [2.45, 2.75) is 70.3 Å². The van der Waals surface area contributed by atoms with Crippen LogP contribution in [0.2, 0.25) is 0 Å². The van der Waals surface area contributed by atoms with Crippen LogP contribution in [0.1, 0.15) is 56.8 Å². The number of thiazole rings is 1. The van der Waals surface area contributed by atoms with Crippen LogP contribution in [0.3, 0.4) is 0 Å². The SMILES string of the molecule is CC(C)(C)NC(=O)c1cncc(-c2ccc3nc(Nc4cccc(N[C@H]5CC[C@H](OC(=O)C(F)(F)F)CC5)n4)sc3n2)c1. The van der Waals surface area contributed by atoms with Gasteiger partial charge in [0, 0.05) is 29.5 Å². The van der Waals surface area contributed by atoms with E-state index in [1.54, 1.807) is 24.4 Å². The lowest BCUT2D eigenvalue weighted by Crippen LogP contribution is -2.40. The van der Waals surface area contributed by atoms with Crippen molar-refractivity contribution in [2.24, 2.45) is 0 Å². The largest absolute Gasteiger partial charge is 0.490 e. The highest BCUT2D eigenvalue weighted by Gasteiger charge is 2.42. The molecule has 5 rings (SSSR count). The Bertz CT molecular complexity index is 1630. The number of amides is 1. The number of alkyl halides is 3. The molecule has 0 unspecified atom stereocenters. The molecule has 0 radical (unpaired) electrons. The summed E-state index contributed by atoms with van der Waals surface area (Å²) in [5.74, 6) is -1.20. The average Bonchev–Trinajstić information content (AvgIpc) is 3.34. The normalized spacial score (nSPS) is 17.3. The number of pyridine rings is 3. The first-order valence-corrected chi connectivity index (χ1v) is 14.5. The van der Waals surface area contributed by atoms with Crippen LogP contribution in [0.4, 0.5) is 29.9 Å². The topological polar surface area (TPSA) is 131 Å². The minimum Gasteiger partial charge on any atom is -0.456 e. The molecule has 4 aromatic rings. The van der Waals surface area contributed by atoms with Crippen molar-refractivity contribution in [3.05, 3.63) is 54.4 Å². The number of aromatic nitrogens is 4. The second-order valence-electron chi connectivity index (χ2n) is 11.3. The Morgan fingerprint density at radius 3 is 2.42 bits per heavy atom. The summed E-state index contributed by atoms with van der Waals surface area (Å²) in [4.78, 5) is 42.6. The molecule has 0 bridgehead atoms. The van der Waals surface area contributed by atoms with Crippen molar-refractivity contribution in [3.8, 4) is 11.3 Å². The molecule has 4 heterocycles. The lowest BCUT2D eigenvalue weighted by molar-refractivity contribution is -0.206. The molecular formula is C29H30F3N7O3S. The highest BCUT2D eigenvalue weighted by Crippen LogP contribution is 2.30. The fourth-order valence-corrected chi connectivity index (χ4v) is 5.44. The first-order valence-electron chi connectivity index (χ1n) is 13.7. The molecule has 226 valence electrons. The van der Waals surface area contributed by atoms with Gasteiger partial charge in [-0.3, -0.25) is 9.78 Å². The quantitative estimate of drug-likeness (QED) is 0.207. The Balaban J connectivity index is 1.22. The molecule has 14 heteroatoms. The van der Waals surface area contributed by atoms with Gasteiger partial charge < -0.3 is 20.7 Å². The number of halogens is 3. The smallest absolute Gasteiger partial charge is 0.456 e. The molecule has 3 N–H and O–H groups in total. The van der Waals surface area contributed by atoms with Crippen LogP contribution in [0.5, 0.6) is 0 Å². The Kier molecular flexibility index (Phi) is 8.49. The van der Waals surface area contributed by atoms with Gasteiger partial charge in [0.05, 0.1) is 11.3 Å². The van der Waals surface area contributed by atoms with Gasteiger partial charge in [0.25, 0.3) is 5.91 Å². The zero-order valence-corrected chi connectivity index (χ0v) is 24.5. The molecule has 0 aromatic carbocycles. The highest BCUT2D eigenvalue weighted by atomic mass is 32.1. The maximum Gasteiger partial charge on any atom is 0.490 e. The maximum absolute atomic E-state index is 12.6. The van der Waals surface area contributed by atoms with Gasteiger partial charge in [0.15, 0.2) is 5.13 Å². The van der Waals surface area contributed by atoms with E-state index in [2.05, 4.69) is 35.6 Å². The Morgan fingerprint density at radius 2 is 1.70 bits per heavy atom. The lowest BCUT2D eigenvalue weighted by atomic mass is 9.93. The molecule has 1 saturated carbocycles. The fourth-order valence-electron chi connectivity index (χ4n) is 4.59. The van der Waals surface area contributed by atoms with E-state index in [1.165, 1.54) is 17.5 Å². The van der Waals surface area contributed by atoms with E-state index in [0.717, 1.165) is 0 Å². The molecule has 43 heavy (non-hydrogen) atoms. The average molecular weight is 614 g/mol. The summed E-state index contributed by atoms with van der Waals surface area (Å²) in [5.41, 5.74) is 2.13. The van der Waals surface area contributed by atoms with Crippen molar-refractivity contribution in [3.63, 3.8) is 0 Å². The molecule has 1 amide bonds. The van der Waals surface area contributed by atoms with Crippen molar-refractivity contribution >= 4 is 50.3 Å². The second kappa shape index (κ2) is 12.1. The lowest BCUT2D eigenvalue weighted by Gasteiger charge is -2.29. The summed E-state index contributed by atoms with van der Waals surface area (Å²) in [6, 6.07) is 10.9. The molecule has 0 atom stereocenters. The maximum atomic E-state index is 12.6. The minimum atomic E-state index is -4.98. The van der Waals surface area contributed by atoms with E-state index in [4.69, 9.17) is 4.98 Å². The van der Waals surface area contributed by atoms with Gasteiger partial charge in [0.2, 0.25) is 0 Å². The molecule has 1 aliphatic carbocycles. The van der Waals surface area contributed by atoms with Crippen LogP contribution in [-0.2, 0) is 9.53 Å². The number of hydrogen-bond acceptors (Lipinski definition) is 10. The number of carbonyl (C=O) groups excluding carboxylic acids is 2. The molecule has 1 aliphatic rings. The van der Waals surface area contributed by atoms with Crippen LogP contribution < -0.4 is 16.0 Å². The van der Waals surface area contributed by atoms with E-state index in [1.807, 2.05) is 39.0 Å². The van der Waals surface area contributed by atoms with Gasteiger partial charge in [-0.2, -0.15) is 13.2 Å². The van der Waals surface area contributed by atoms with Gasteiger partial charge in [-0.1, -0.05) is 17.4 Å². The molecular weight excluding hydrogens is 583 g/mol. The third kappa shape index (κ3) is 7.95. The van der Waals surface area contributed by atoms with Gasteiger partial charge in [0.1, 0.15) is 28.1 Å². The molecule has 0 spiro atoms. The van der Waals surface area contributed by atoms with Crippen molar-refractivity contribution < 1.29 is 27.5 Å². The molecule has 4 aromatic heterocycles. The summed E-state index contributed by atoms with van der Waals surface area (Å²) in [5, 5.41) is 10.0. The van der Waals surface area contributed by atoms with Crippen molar-refractivity contribution in [2.75, 3.05) is 10.6 Å². The third-order valence-corrected chi connectivity index (χ3v) is 7.44. The standard InChI is InChI=1S/C29H30F3N7O3S/c1-28(2,3)39-24(40)17-13-16(14-33-15-17)20-11-12-21-25(35-20)43-27(36-21)38-23-6-4-5-22(37-23)34-18-7-9-19(10-8-18)42-26(41)29(30,31)32/h4-6,11-15,18-19H,7-10H2,1-3H3,(H,39,40)(H2,34,36,37,38)/t18-,19-. The number of hydrogen-bond donors (Lipinski definition) is 3. The van der Waals surface area contributed by atoms with E-state index < -0.39 is 18.2 Å². The number of ether oxygens (including phenoxy) is 1. The predicted octanol–water partition coefficient (Wildman–Crippen LogP) is 6.25. The number of esters is 1. The van der Waals surface area contributed by atoms with Gasteiger partial charge in [-0.25, -0.2) is 19.7 Å². The van der Waals surface area contributed by atoms with Gasteiger partial charge in [-0.15, -0.1) is 0 Å². The Morgan fingerprint density at radius 1 is 0.953 bits per heavy atom. The van der Waals surface area contributed by atoms with Gasteiger partial charge >= 0.3 is 12.1 Å². The number of nitrogens with zero attached hydrogens (tertiary/aromatic N) is 4. The first kappa shape index (κ1) is 30.1.